The normalized spacial score (nSPS) is 10.3. The van der Waals surface area contributed by atoms with E-state index in [-0.39, 0.29) is 5.91 Å². The molecule has 104 valence electrons. The number of hydrogen-bond donors (Lipinski definition) is 1. The summed E-state index contributed by atoms with van der Waals surface area (Å²) in [5.41, 5.74) is 3.11. The van der Waals surface area contributed by atoms with E-state index in [1.165, 1.54) is 11.8 Å². The van der Waals surface area contributed by atoms with Crippen molar-refractivity contribution < 1.29 is 4.79 Å². The monoisotopic (exact) mass is 287 g/mol. The van der Waals surface area contributed by atoms with E-state index in [1.54, 1.807) is 6.07 Å². The van der Waals surface area contributed by atoms with Crippen molar-refractivity contribution in [3.8, 4) is 0 Å². The quantitative estimate of drug-likeness (QED) is 0.691. The third-order valence-corrected chi connectivity index (χ3v) is 3.38. The number of anilines is 1. The zero-order chi connectivity index (χ0) is 14.5. The van der Waals surface area contributed by atoms with Crippen molar-refractivity contribution in [2.45, 2.75) is 25.9 Å². The molecule has 0 bridgehead atoms. The third-order valence-electron chi connectivity index (χ3n) is 2.65. The van der Waals surface area contributed by atoms with Crippen LogP contribution >= 0.6 is 11.8 Å². The molecule has 1 aromatic carbocycles. The van der Waals surface area contributed by atoms with Crippen LogP contribution in [0.25, 0.3) is 0 Å². The van der Waals surface area contributed by atoms with Gasteiger partial charge in [-0.05, 0) is 37.8 Å². The number of rotatable bonds is 4. The summed E-state index contributed by atoms with van der Waals surface area (Å²) in [7, 11) is 0. The Hall–Kier alpha value is -1.88. The lowest BCUT2D eigenvalue weighted by molar-refractivity contribution is 0.102. The molecule has 2 rings (SSSR count). The standard InChI is InChI=1S/C15H17N3OS/c1-4-20-15-16-11(3)9-13(18-15)14(19)17-12-7-5-10(2)6-8-12/h5-9H,4H2,1-3H3,(H,17,19). The number of aromatic nitrogens is 2. The van der Waals surface area contributed by atoms with Crippen LogP contribution in [0.15, 0.2) is 35.5 Å². The van der Waals surface area contributed by atoms with Crippen molar-refractivity contribution in [1.29, 1.82) is 0 Å². The van der Waals surface area contributed by atoms with E-state index in [1.807, 2.05) is 45.0 Å². The molecule has 20 heavy (non-hydrogen) atoms. The van der Waals surface area contributed by atoms with Crippen LogP contribution in [0.2, 0.25) is 0 Å². The largest absolute Gasteiger partial charge is 0.321 e. The first kappa shape index (κ1) is 14.5. The second-order valence-corrected chi connectivity index (χ2v) is 5.66. The molecule has 2 aromatic rings. The maximum absolute atomic E-state index is 12.2. The van der Waals surface area contributed by atoms with E-state index in [0.717, 1.165) is 22.7 Å². The summed E-state index contributed by atoms with van der Waals surface area (Å²) in [4.78, 5) is 20.8. The molecule has 1 amide bonds. The molecule has 5 heteroatoms. The topological polar surface area (TPSA) is 54.9 Å². The van der Waals surface area contributed by atoms with Gasteiger partial charge in [-0.25, -0.2) is 9.97 Å². The first-order valence-electron chi connectivity index (χ1n) is 6.45. The van der Waals surface area contributed by atoms with Gasteiger partial charge < -0.3 is 5.32 Å². The lowest BCUT2D eigenvalue weighted by Crippen LogP contribution is -2.15. The minimum Gasteiger partial charge on any atom is -0.321 e. The predicted octanol–water partition coefficient (Wildman–Crippen LogP) is 3.46. The highest BCUT2D eigenvalue weighted by molar-refractivity contribution is 7.99. The van der Waals surface area contributed by atoms with Gasteiger partial charge in [0.15, 0.2) is 5.16 Å². The van der Waals surface area contributed by atoms with Crippen LogP contribution in [0.3, 0.4) is 0 Å². The smallest absolute Gasteiger partial charge is 0.274 e. The Morgan fingerprint density at radius 1 is 1.20 bits per heavy atom. The van der Waals surface area contributed by atoms with Gasteiger partial charge in [-0.1, -0.05) is 36.4 Å². The van der Waals surface area contributed by atoms with Gasteiger partial charge in [0, 0.05) is 11.4 Å². The van der Waals surface area contributed by atoms with E-state index in [0.29, 0.717) is 10.9 Å². The number of amides is 1. The minimum absolute atomic E-state index is 0.211. The van der Waals surface area contributed by atoms with E-state index in [9.17, 15) is 4.79 Å². The number of nitrogens with one attached hydrogen (secondary N) is 1. The number of benzene rings is 1. The maximum atomic E-state index is 12.2. The summed E-state index contributed by atoms with van der Waals surface area (Å²) in [6, 6.07) is 9.37. The van der Waals surface area contributed by atoms with E-state index >= 15 is 0 Å². The molecule has 0 atom stereocenters. The molecule has 0 unspecified atom stereocenters. The third kappa shape index (κ3) is 3.81. The molecule has 0 radical (unpaired) electrons. The summed E-state index contributed by atoms with van der Waals surface area (Å²) in [5, 5.41) is 3.48. The van der Waals surface area contributed by atoms with Crippen molar-refractivity contribution in [2.75, 3.05) is 11.1 Å². The van der Waals surface area contributed by atoms with Crippen LogP contribution in [0.5, 0.6) is 0 Å². The van der Waals surface area contributed by atoms with Crippen LogP contribution in [0, 0.1) is 13.8 Å². The molecular formula is C15H17N3OS. The minimum atomic E-state index is -0.211. The summed E-state index contributed by atoms with van der Waals surface area (Å²) in [6.07, 6.45) is 0. The Morgan fingerprint density at radius 2 is 1.90 bits per heavy atom. The number of thioether (sulfide) groups is 1. The summed E-state index contributed by atoms with van der Waals surface area (Å²) < 4.78 is 0. The molecule has 4 nitrogen and oxygen atoms in total. The van der Waals surface area contributed by atoms with Gasteiger partial charge in [-0.2, -0.15) is 0 Å². The van der Waals surface area contributed by atoms with E-state index < -0.39 is 0 Å². The lowest BCUT2D eigenvalue weighted by Gasteiger charge is -2.07. The van der Waals surface area contributed by atoms with Crippen molar-refractivity contribution in [2.24, 2.45) is 0 Å². The molecule has 1 aromatic heterocycles. The SMILES string of the molecule is CCSc1nc(C)cc(C(=O)Nc2ccc(C)cc2)n1. The van der Waals surface area contributed by atoms with Crippen LogP contribution in [0.1, 0.15) is 28.7 Å². The molecule has 1 heterocycles. The lowest BCUT2D eigenvalue weighted by atomic mass is 10.2. The average molecular weight is 287 g/mol. The van der Waals surface area contributed by atoms with Gasteiger partial charge >= 0.3 is 0 Å². The van der Waals surface area contributed by atoms with E-state index in [4.69, 9.17) is 0 Å². The van der Waals surface area contributed by atoms with Crippen molar-refractivity contribution >= 4 is 23.4 Å². The van der Waals surface area contributed by atoms with Gasteiger partial charge in [-0.15, -0.1) is 0 Å². The summed E-state index contributed by atoms with van der Waals surface area (Å²) in [5.74, 6) is 0.667. The van der Waals surface area contributed by atoms with E-state index in [2.05, 4.69) is 15.3 Å². The van der Waals surface area contributed by atoms with Crippen LogP contribution in [0.4, 0.5) is 5.69 Å². The highest BCUT2D eigenvalue weighted by Crippen LogP contribution is 2.15. The second-order valence-electron chi connectivity index (χ2n) is 4.43. The fourth-order valence-electron chi connectivity index (χ4n) is 1.68. The first-order valence-corrected chi connectivity index (χ1v) is 7.43. The fraction of sp³-hybridized carbons (Fsp3) is 0.267. The maximum Gasteiger partial charge on any atom is 0.274 e. The Labute approximate surface area is 123 Å². The van der Waals surface area contributed by atoms with Crippen LogP contribution in [-0.4, -0.2) is 21.6 Å². The Morgan fingerprint density at radius 3 is 2.55 bits per heavy atom. The van der Waals surface area contributed by atoms with Crippen LogP contribution < -0.4 is 5.32 Å². The number of aryl methyl sites for hydroxylation is 2. The Bertz CT molecular complexity index is 611. The summed E-state index contributed by atoms with van der Waals surface area (Å²) >= 11 is 1.53. The highest BCUT2D eigenvalue weighted by Gasteiger charge is 2.11. The fourth-order valence-corrected chi connectivity index (χ4v) is 2.31. The average Bonchev–Trinajstić information content (AvgIpc) is 2.41. The predicted molar refractivity (Wildman–Crippen MR) is 82.3 cm³/mol. The van der Waals surface area contributed by atoms with Gasteiger partial charge in [0.25, 0.3) is 5.91 Å². The van der Waals surface area contributed by atoms with Gasteiger partial charge in [-0.3, -0.25) is 4.79 Å². The molecule has 0 aliphatic heterocycles. The molecule has 0 aliphatic rings. The number of nitrogens with zero attached hydrogens (tertiary/aromatic N) is 2. The molecule has 0 spiro atoms. The van der Waals surface area contributed by atoms with Crippen molar-refractivity contribution in [3.05, 3.63) is 47.3 Å². The molecular weight excluding hydrogens is 270 g/mol. The van der Waals surface area contributed by atoms with Gasteiger partial charge in [0.05, 0.1) is 0 Å². The van der Waals surface area contributed by atoms with Crippen molar-refractivity contribution in [3.63, 3.8) is 0 Å². The zero-order valence-corrected chi connectivity index (χ0v) is 12.6. The van der Waals surface area contributed by atoms with Crippen LogP contribution in [-0.2, 0) is 0 Å². The number of carbonyl (C=O) groups is 1. The first-order chi connectivity index (χ1) is 9.58. The second kappa shape index (κ2) is 6.52. The van der Waals surface area contributed by atoms with Gasteiger partial charge in [0.1, 0.15) is 5.69 Å². The molecule has 1 N–H and O–H groups in total. The molecule has 0 saturated heterocycles. The Kier molecular flexibility index (Phi) is 4.74. The highest BCUT2D eigenvalue weighted by atomic mass is 32.2. The molecule has 0 saturated carbocycles. The van der Waals surface area contributed by atoms with Gasteiger partial charge in [0.2, 0.25) is 0 Å². The zero-order valence-electron chi connectivity index (χ0n) is 11.8. The Balaban J connectivity index is 2.18. The number of hydrogen-bond acceptors (Lipinski definition) is 4. The summed E-state index contributed by atoms with van der Waals surface area (Å²) in [6.45, 7) is 5.90. The molecule has 0 aliphatic carbocycles. The van der Waals surface area contributed by atoms with Crippen molar-refractivity contribution in [1.82, 2.24) is 9.97 Å². The number of carbonyl (C=O) groups excluding carboxylic acids is 1. The molecule has 0 fully saturated rings.